The van der Waals surface area contributed by atoms with Gasteiger partial charge < -0.3 is 10.1 Å². The molecule has 0 aromatic heterocycles. The summed E-state index contributed by atoms with van der Waals surface area (Å²) >= 11 is 5.84. The average molecular weight is 329 g/mol. The predicted octanol–water partition coefficient (Wildman–Crippen LogP) is 3.17. The second-order valence-corrected chi connectivity index (χ2v) is 6.27. The Morgan fingerprint density at radius 3 is 2.50 bits per heavy atom. The molecule has 1 amide bonds. The minimum Gasteiger partial charge on any atom is -0.456 e. The first kappa shape index (κ1) is 17.9. The lowest BCUT2D eigenvalue weighted by atomic mass is 9.93. The SMILES string of the molecule is CC(C)(C)CC(=O)OCC(=O)Nc1ccc([N+](=O)[O-])cc1Cl. The van der Waals surface area contributed by atoms with Crippen LogP contribution in [0.5, 0.6) is 0 Å². The van der Waals surface area contributed by atoms with Crippen molar-refractivity contribution >= 4 is 34.9 Å². The van der Waals surface area contributed by atoms with Crippen LogP contribution in [0.4, 0.5) is 11.4 Å². The summed E-state index contributed by atoms with van der Waals surface area (Å²) < 4.78 is 4.85. The van der Waals surface area contributed by atoms with Crippen molar-refractivity contribution < 1.29 is 19.2 Å². The highest BCUT2D eigenvalue weighted by Crippen LogP contribution is 2.26. The van der Waals surface area contributed by atoms with Crippen LogP contribution in [-0.4, -0.2) is 23.4 Å². The molecule has 0 heterocycles. The van der Waals surface area contributed by atoms with Crippen molar-refractivity contribution in [2.24, 2.45) is 5.41 Å². The molecule has 0 saturated carbocycles. The van der Waals surface area contributed by atoms with Gasteiger partial charge in [-0.3, -0.25) is 19.7 Å². The quantitative estimate of drug-likeness (QED) is 0.508. The molecule has 22 heavy (non-hydrogen) atoms. The predicted molar refractivity (Wildman–Crippen MR) is 81.8 cm³/mol. The highest BCUT2D eigenvalue weighted by atomic mass is 35.5. The largest absolute Gasteiger partial charge is 0.456 e. The Labute approximate surface area is 132 Å². The number of amides is 1. The summed E-state index contributed by atoms with van der Waals surface area (Å²) in [5.41, 5.74) is -0.196. The van der Waals surface area contributed by atoms with Crippen molar-refractivity contribution in [3.8, 4) is 0 Å². The molecule has 0 unspecified atom stereocenters. The highest BCUT2D eigenvalue weighted by molar-refractivity contribution is 6.34. The van der Waals surface area contributed by atoms with Crippen molar-refractivity contribution in [3.05, 3.63) is 33.3 Å². The Morgan fingerprint density at radius 1 is 1.36 bits per heavy atom. The smallest absolute Gasteiger partial charge is 0.306 e. The third-order valence-corrected chi connectivity index (χ3v) is 2.79. The van der Waals surface area contributed by atoms with Gasteiger partial charge in [0.05, 0.1) is 22.1 Å². The molecule has 1 aromatic carbocycles. The van der Waals surface area contributed by atoms with Gasteiger partial charge in [-0.1, -0.05) is 32.4 Å². The Kier molecular flexibility index (Phi) is 5.87. The summed E-state index contributed by atoms with van der Waals surface area (Å²) in [6, 6.07) is 3.66. The second-order valence-electron chi connectivity index (χ2n) is 5.87. The van der Waals surface area contributed by atoms with Gasteiger partial charge in [-0.05, 0) is 11.5 Å². The van der Waals surface area contributed by atoms with Crippen LogP contribution in [0.2, 0.25) is 5.02 Å². The zero-order chi connectivity index (χ0) is 16.9. The number of nitrogens with zero attached hydrogens (tertiary/aromatic N) is 1. The van der Waals surface area contributed by atoms with Crippen LogP contribution >= 0.6 is 11.6 Å². The van der Waals surface area contributed by atoms with E-state index in [1.807, 2.05) is 20.8 Å². The van der Waals surface area contributed by atoms with Gasteiger partial charge in [0.15, 0.2) is 6.61 Å². The topological polar surface area (TPSA) is 98.5 Å². The van der Waals surface area contributed by atoms with E-state index >= 15 is 0 Å². The molecule has 1 N–H and O–H groups in total. The monoisotopic (exact) mass is 328 g/mol. The van der Waals surface area contributed by atoms with E-state index in [2.05, 4.69) is 5.32 Å². The zero-order valence-electron chi connectivity index (χ0n) is 12.5. The summed E-state index contributed by atoms with van der Waals surface area (Å²) in [6.07, 6.45) is 0.193. The molecule has 0 saturated heterocycles. The van der Waals surface area contributed by atoms with Gasteiger partial charge in [-0.2, -0.15) is 0 Å². The number of nitro groups is 1. The van der Waals surface area contributed by atoms with Gasteiger partial charge in [0.1, 0.15) is 0 Å². The number of rotatable bonds is 5. The molecule has 1 aromatic rings. The number of hydrogen-bond acceptors (Lipinski definition) is 5. The van der Waals surface area contributed by atoms with Crippen LogP contribution < -0.4 is 5.32 Å². The van der Waals surface area contributed by atoms with E-state index in [0.29, 0.717) is 0 Å². The minimum absolute atomic E-state index is 0.0311. The maximum atomic E-state index is 11.7. The van der Waals surface area contributed by atoms with Crippen LogP contribution in [0, 0.1) is 15.5 Å². The van der Waals surface area contributed by atoms with Crippen molar-refractivity contribution in [1.82, 2.24) is 0 Å². The Balaban J connectivity index is 2.56. The summed E-state index contributed by atoms with van der Waals surface area (Å²) in [6.45, 7) is 5.20. The van der Waals surface area contributed by atoms with E-state index in [9.17, 15) is 19.7 Å². The molecule has 0 fully saturated rings. The highest BCUT2D eigenvalue weighted by Gasteiger charge is 2.18. The molecule has 0 aliphatic heterocycles. The third kappa shape index (κ3) is 6.09. The molecular weight excluding hydrogens is 312 g/mol. The number of nitrogens with one attached hydrogen (secondary N) is 1. The van der Waals surface area contributed by atoms with Gasteiger partial charge in [0.2, 0.25) is 0 Å². The number of ether oxygens (including phenoxy) is 1. The van der Waals surface area contributed by atoms with Crippen LogP contribution in [-0.2, 0) is 14.3 Å². The maximum absolute atomic E-state index is 11.7. The molecule has 0 aliphatic carbocycles. The summed E-state index contributed by atoms with van der Waals surface area (Å²) in [5, 5.41) is 13.0. The lowest BCUT2D eigenvalue weighted by Crippen LogP contribution is -2.23. The molecule has 0 radical (unpaired) electrons. The lowest BCUT2D eigenvalue weighted by Gasteiger charge is -2.16. The zero-order valence-corrected chi connectivity index (χ0v) is 13.3. The normalized spacial score (nSPS) is 10.9. The van der Waals surface area contributed by atoms with E-state index < -0.39 is 23.4 Å². The van der Waals surface area contributed by atoms with Crippen LogP contribution in [0.1, 0.15) is 27.2 Å². The molecule has 8 heteroatoms. The number of esters is 1. The van der Waals surface area contributed by atoms with Crippen LogP contribution in [0.15, 0.2) is 18.2 Å². The molecule has 1 rings (SSSR count). The molecule has 0 spiro atoms. The Morgan fingerprint density at radius 2 is 2.00 bits per heavy atom. The molecular formula is C14H17ClN2O5. The van der Waals surface area contributed by atoms with Crippen molar-refractivity contribution in [1.29, 1.82) is 0 Å². The van der Waals surface area contributed by atoms with E-state index in [-0.39, 0.29) is 28.2 Å². The third-order valence-electron chi connectivity index (χ3n) is 2.48. The van der Waals surface area contributed by atoms with E-state index in [1.54, 1.807) is 0 Å². The first-order chi connectivity index (χ1) is 10.1. The number of carbonyl (C=O) groups excluding carboxylic acids is 2. The number of nitro benzene ring substituents is 1. The fraction of sp³-hybridized carbons (Fsp3) is 0.429. The van der Waals surface area contributed by atoms with Crippen molar-refractivity contribution in [3.63, 3.8) is 0 Å². The average Bonchev–Trinajstić information content (AvgIpc) is 2.36. The minimum atomic E-state index is -0.592. The molecule has 0 aliphatic rings. The van der Waals surface area contributed by atoms with Gasteiger partial charge in [0.25, 0.3) is 11.6 Å². The first-order valence-corrected chi connectivity index (χ1v) is 6.86. The standard InChI is InChI=1S/C14H17ClN2O5/c1-14(2,3)7-13(19)22-8-12(18)16-11-5-4-9(17(20)21)6-10(11)15/h4-6H,7-8H2,1-3H3,(H,16,18). The Hall–Kier alpha value is -2.15. The fourth-order valence-corrected chi connectivity index (χ4v) is 1.76. The van der Waals surface area contributed by atoms with Gasteiger partial charge in [-0.25, -0.2) is 0 Å². The van der Waals surface area contributed by atoms with E-state index in [4.69, 9.17) is 16.3 Å². The number of halogens is 1. The summed E-state index contributed by atoms with van der Waals surface area (Å²) in [4.78, 5) is 33.2. The van der Waals surface area contributed by atoms with E-state index in [0.717, 1.165) is 6.07 Å². The van der Waals surface area contributed by atoms with Crippen molar-refractivity contribution in [2.45, 2.75) is 27.2 Å². The molecule has 0 atom stereocenters. The van der Waals surface area contributed by atoms with Gasteiger partial charge in [0, 0.05) is 12.1 Å². The first-order valence-electron chi connectivity index (χ1n) is 6.48. The molecule has 120 valence electrons. The Bertz CT molecular complexity index is 595. The lowest BCUT2D eigenvalue weighted by molar-refractivity contribution is -0.384. The van der Waals surface area contributed by atoms with E-state index in [1.165, 1.54) is 12.1 Å². The number of benzene rings is 1. The summed E-state index contributed by atoms with van der Waals surface area (Å²) in [7, 11) is 0. The molecule has 0 bridgehead atoms. The van der Waals surface area contributed by atoms with Gasteiger partial charge in [-0.15, -0.1) is 0 Å². The number of carbonyl (C=O) groups is 2. The van der Waals surface area contributed by atoms with Crippen LogP contribution in [0.25, 0.3) is 0 Å². The summed E-state index contributed by atoms with van der Waals surface area (Å²) in [5.74, 6) is -1.05. The van der Waals surface area contributed by atoms with Gasteiger partial charge >= 0.3 is 5.97 Å². The second kappa shape index (κ2) is 7.22. The maximum Gasteiger partial charge on any atom is 0.306 e. The van der Waals surface area contributed by atoms with Crippen molar-refractivity contribution in [2.75, 3.05) is 11.9 Å². The number of anilines is 1. The fourth-order valence-electron chi connectivity index (χ4n) is 1.54. The van der Waals surface area contributed by atoms with Crippen LogP contribution in [0.3, 0.4) is 0 Å². The molecule has 7 nitrogen and oxygen atoms in total. The number of hydrogen-bond donors (Lipinski definition) is 1. The number of non-ortho nitro benzene ring substituents is 1.